The maximum absolute atomic E-state index is 13.2. The van der Waals surface area contributed by atoms with E-state index in [4.69, 9.17) is 5.73 Å². The Morgan fingerprint density at radius 1 is 1.47 bits per heavy atom. The smallest absolute Gasteiger partial charge is 0.125 e. The molecule has 0 bridgehead atoms. The van der Waals surface area contributed by atoms with Crippen molar-refractivity contribution in [3.8, 4) is 0 Å². The van der Waals surface area contributed by atoms with E-state index in [9.17, 15) is 4.39 Å². The van der Waals surface area contributed by atoms with Crippen LogP contribution in [0.15, 0.2) is 35.1 Å². The molecule has 0 aliphatic rings. The molecule has 0 saturated heterocycles. The average molecular weight is 298 g/mol. The van der Waals surface area contributed by atoms with Crippen LogP contribution in [-0.2, 0) is 13.5 Å². The highest BCUT2D eigenvalue weighted by molar-refractivity contribution is 9.10. The third-order valence-electron chi connectivity index (χ3n) is 2.57. The normalized spacial score (nSPS) is 12.7. The van der Waals surface area contributed by atoms with Crippen LogP contribution in [0.4, 0.5) is 4.39 Å². The molecule has 0 saturated carbocycles. The summed E-state index contributed by atoms with van der Waals surface area (Å²) in [4.78, 5) is 4.19. The van der Waals surface area contributed by atoms with Crippen LogP contribution < -0.4 is 5.73 Å². The molecule has 5 heteroatoms. The van der Waals surface area contributed by atoms with Gasteiger partial charge in [-0.2, -0.15) is 0 Å². The van der Waals surface area contributed by atoms with Gasteiger partial charge in [-0.1, -0.05) is 15.9 Å². The Morgan fingerprint density at radius 2 is 2.24 bits per heavy atom. The number of hydrogen-bond acceptors (Lipinski definition) is 2. The lowest BCUT2D eigenvalue weighted by atomic mass is 10.1. The van der Waals surface area contributed by atoms with Gasteiger partial charge in [0.1, 0.15) is 11.6 Å². The van der Waals surface area contributed by atoms with E-state index >= 15 is 0 Å². The van der Waals surface area contributed by atoms with Crippen LogP contribution in [0.3, 0.4) is 0 Å². The van der Waals surface area contributed by atoms with Gasteiger partial charge in [0.15, 0.2) is 0 Å². The van der Waals surface area contributed by atoms with Gasteiger partial charge in [-0.3, -0.25) is 0 Å². The van der Waals surface area contributed by atoms with Crippen molar-refractivity contribution < 1.29 is 4.39 Å². The maximum Gasteiger partial charge on any atom is 0.125 e. The predicted molar refractivity (Wildman–Crippen MR) is 67.9 cm³/mol. The minimum atomic E-state index is -0.263. The second-order valence-corrected chi connectivity index (χ2v) is 4.90. The van der Waals surface area contributed by atoms with Crippen LogP contribution in [0.1, 0.15) is 17.4 Å². The first-order valence-corrected chi connectivity index (χ1v) is 6.03. The molecule has 0 amide bonds. The van der Waals surface area contributed by atoms with Gasteiger partial charge < -0.3 is 10.3 Å². The van der Waals surface area contributed by atoms with Gasteiger partial charge in [0.05, 0.1) is 6.04 Å². The number of nitrogens with two attached hydrogens (primary N) is 1. The zero-order chi connectivity index (χ0) is 12.4. The van der Waals surface area contributed by atoms with E-state index in [1.165, 1.54) is 12.1 Å². The summed E-state index contributed by atoms with van der Waals surface area (Å²) < 4.78 is 15.8. The van der Waals surface area contributed by atoms with E-state index in [2.05, 4.69) is 20.9 Å². The summed E-state index contributed by atoms with van der Waals surface area (Å²) in [6.07, 6.45) is 4.11. The van der Waals surface area contributed by atoms with E-state index in [-0.39, 0.29) is 11.9 Å². The Hall–Kier alpha value is -1.20. The molecule has 1 aromatic heterocycles. The Labute approximate surface area is 108 Å². The van der Waals surface area contributed by atoms with Crippen molar-refractivity contribution in [3.63, 3.8) is 0 Å². The topological polar surface area (TPSA) is 43.8 Å². The number of hydrogen-bond donors (Lipinski definition) is 1. The quantitative estimate of drug-likeness (QED) is 0.946. The monoisotopic (exact) mass is 297 g/mol. The standard InChI is InChI=1S/C12H13BrFN3/c1-17-3-2-16-12(17)11(15)6-8-4-9(13)7-10(14)5-8/h2-5,7,11H,6,15H2,1H3. The highest BCUT2D eigenvalue weighted by Gasteiger charge is 2.12. The average Bonchev–Trinajstić information content (AvgIpc) is 2.62. The van der Waals surface area contributed by atoms with Crippen molar-refractivity contribution in [1.29, 1.82) is 0 Å². The summed E-state index contributed by atoms with van der Waals surface area (Å²) in [5.74, 6) is 0.534. The lowest BCUT2D eigenvalue weighted by Gasteiger charge is -2.12. The SMILES string of the molecule is Cn1ccnc1C(N)Cc1cc(F)cc(Br)c1. The molecule has 1 atom stereocenters. The fraction of sp³-hybridized carbons (Fsp3) is 0.250. The van der Waals surface area contributed by atoms with Crippen LogP contribution in [0, 0.1) is 5.82 Å². The second-order valence-electron chi connectivity index (χ2n) is 3.98. The molecule has 0 spiro atoms. The third kappa shape index (κ3) is 2.92. The van der Waals surface area contributed by atoms with E-state index in [1.807, 2.05) is 23.9 Å². The molecule has 0 radical (unpaired) electrons. The molecule has 17 heavy (non-hydrogen) atoms. The maximum atomic E-state index is 13.2. The number of aromatic nitrogens is 2. The lowest BCUT2D eigenvalue weighted by molar-refractivity contribution is 0.610. The molecule has 1 aromatic carbocycles. The Morgan fingerprint density at radius 3 is 2.82 bits per heavy atom. The van der Waals surface area contributed by atoms with Crippen LogP contribution in [0.5, 0.6) is 0 Å². The highest BCUT2D eigenvalue weighted by atomic mass is 79.9. The van der Waals surface area contributed by atoms with Gasteiger partial charge in [-0.05, 0) is 30.2 Å². The summed E-state index contributed by atoms with van der Waals surface area (Å²) in [5.41, 5.74) is 6.91. The Bertz CT molecular complexity index is 504. The summed E-state index contributed by atoms with van der Waals surface area (Å²) in [6, 6.07) is 4.55. The molecule has 2 rings (SSSR count). The van der Waals surface area contributed by atoms with Gasteiger partial charge in [0.25, 0.3) is 0 Å². The van der Waals surface area contributed by atoms with E-state index < -0.39 is 0 Å². The first kappa shape index (κ1) is 12.3. The number of benzene rings is 1. The van der Waals surface area contributed by atoms with Crippen molar-refractivity contribution in [2.24, 2.45) is 12.8 Å². The van der Waals surface area contributed by atoms with Crippen molar-refractivity contribution in [2.45, 2.75) is 12.5 Å². The lowest BCUT2D eigenvalue weighted by Crippen LogP contribution is -2.17. The van der Waals surface area contributed by atoms with E-state index in [0.29, 0.717) is 6.42 Å². The molecule has 2 N–H and O–H groups in total. The van der Waals surface area contributed by atoms with Gasteiger partial charge in [0, 0.05) is 23.9 Å². The molecular formula is C12H13BrFN3. The Balaban J connectivity index is 2.18. The summed E-state index contributed by atoms with van der Waals surface area (Å²) in [6.45, 7) is 0. The third-order valence-corrected chi connectivity index (χ3v) is 3.03. The summed E-state index contributed by atoms with van der Waals surface area (Å²) in [5, 5.41) is 0. The minimum absolute atomic E-state index is 0.233. The van der Waals surface area contributed by atoms with Crippen molar-refractivity contribution in [2.75, 3.05) is 0 Å². The second kappa shape index (κ2) is 4.98. The number of aryl methyl sites for hydroxylation is 1. The summed E-state index contributed by atoms with van der Waals surface area (Å²) >= 11 is 3.26. The number of halogens is 2. The molecule has 3 nitrogen and oxygen atoms in total. The highest BCUT2D eigenvalue weighted by Crippen LogP contribution is 2.19. The zero-order valence-corrected chi connectivity index (χ0v) is 11.0. The van der Waals surface area contributed by atoms with Gasteiger partial charge in [-0.25, -0.2) is 9.37 Å². The van der Waals surface area contributed by atoms with Crippen LogP contribution in [0.25, 0.3) is 0 Å². The molecule has 1 heterocycles. The first-order valence-electron chi connectivity index (χ1n) is 5.24. The number of nitrogens with zero attached hydrogens (tertiary/aromatic N) is 2. The Kier molecular flexibility index (Phi) is 3.59. The molecule has 0 fully saturated rings. The first-order chi connectivity index (χ1) is 8.06. The number of rotatable bonds is 3. The van der Waals surface area contributed by atoms with Crippen LogP contribution in [0.2, 0.25) is 0 Å². The van der Waals surface area contributed by atoms with E-state index in [0.717, 1.165) is 15.9 Å². The molecule has 90 valence electrons. The largest absolute Gasteiger partial charge is 0.337 e. The summed E-state index contributed by atoms with van der Waals surface area (Å²) in [7, 11) is 1.89. The number of imidazole rings is 1. The molecule has 0 aliphatic heterocycles. The van der Waals surface area contributed by atoms with Crippen molar-refractivity contribution in [1.82, 2.24) is 9.55 Å². The molecular weight excluding hydrogens is 285 g/mol. The van der Waals surface area contributed by atoms with Crippen molar-refractivity contribution >= 4 is 15.9 Å². The van der Waals surface area contributed by atoms with Gasteiger partial charge in [0.2, 0.25) is 0 Å². The van der Waals surface area contributed by atoms with Crippen molar-refractivity contribution in [3.05, 3.63) is 52.3 Å². The molecule has 0 aliphatic carbocycles. The molecule has 1 unspecified atom stereocenters. The van der Waals surface area contributed by atoms with Crippen LogP contribution in [-0.4, -0.2) is 9.55 Å². The van der Waals surface area contributed by atoms with Gasteiger partial charge >= 0.3 is 0 Å². The van der Waals surface area contributed by atoms with Crippen LogP contribution >= 0.6 is 15.9 Å². The zero-order valence-electron chi connectivity index (χ0n) is 9.40. The predicted octanol–water partition coefficient (Wildman–Crippen LogP) is 2.56. The molecule has 2 aromatic rings. The van der Waals surface area contributed by atoms with E-state index in [1.54, 1.807) is 6.20 Å². The fourth-order valence-corrected chi connectivity index (χ4v) is 2.32. The minimum Gasteiger partial charge on any atom is -0.337 e. The fourth-order valence-electron chi connectivity index (χ4n) is 1.81. The van der Waals surface area contributed by atoms with Gasteiger partial charge in [-0.15, -0.1) is 0 Å².